The zero-order chi connectivity index (χ0) is 10.8. The van der Waals surface area contributed by atoms with Gasteiger partial charge >= 0.3 is 5.97 Å². The number of thiophene rings is 1. The number of carbonyl (C=O) groups is 1. The summed E-state index contributed by atoms with van der Waals surface area (Å²) in [6.45, 7) is 4.00. The highest BCUT2D eigenvalue weighted by Gasteiger charge is 2.14. The lowest BCUT2D eigenvalue weighted by Gasteiger charge is -2.27. The Kier molecular flexibility index (Phi) is 2.77. The summed E-state index contributed by atoms with van der Waals surface area (Å²) in [6.07, 6.45) is 3.28. The first-order chi connectivity index (χ1) is 7.16. The molecular weight excluding hydrogens is 210 g/mol. The van der Waals surface area contributed by atoms with Crippen molar-refractivity contribution in [2.45, 2.75) is 13.3 Å². The largest absolute Gasteiger partial charge is 0.477 e. The molecule has 0 spiro atoms. The van der Waals surface area contributed by atoms with Crippen molar-refractivity contribution in [3.63, 3.8) is 0 Å². The van der Waals surface area contributed by atoms with Gasteiger partial charge in [-0.1, -0.05) is 11.6 Å². The molecule has 0 saturated carbocycles. The molecule has 2 rings (SSSR count). The van der Waals surface area contributed by atoms with E-state index in [0.717, 1.165) is 25.2 Å². The summed E-state index contributed by atoms with van der Waals surface area (Å²) in [5, 5.41) is 10.7. The molecule has 0 atom stereocenters. The van der Waals surface area contributed by atoms with E-state index >= 15 is 0 Å². The molecule has 1 aromatic rings. The van der Waals surface area contributed by atoms with Crippen LogP contribution in [0.2, 0.25) is 0 Å². The van der Waals surface area contributed by atoms with Crippen LogP contribution in [0.4, 0.5) is 5.69 Å². The van der Waals surface area contributed by atoms with Gasteiger partial charge < -0.3 is 10.0 Å². The fourth-order valence-corrected chi connectivity index (χ4v) is 2.49. The highest BCUT2D eigenvalue weighted by Crippen LogP contribution is 2.25. The Labute approximate surface area is 92.6 Å². The Hall–Kier alpha value is -1.29. The smallest absolute Gasteiger partial charge is 0.345 e. The molecule has 0 aromatic carbocycles. The summed E-state index contributed by atoms with van der Waals surface area (Å²) < 4.78 is 0. The zero-order valence-electron chi connectivity index (χ0n) is 8.56. The van der Waals surface area contributed by atoms with Gasteiger partial charge in [-0.05, 0) is 19.4 Å². The Bertz CT molecular complexity index is 408. The van der Waals surface area contributed by atoms with E-state index in [4.69, 9.17) is 5.11 Å². The standard InChI is InChI=1S/C11H13NO2S/c1-8-3-2-4-12(6-8)9-5-10(11(13)14)15-7-9/h3,5,7H,2,4,6H2,1H3,(H,13,14). The van der Waals surface area contributed by atoms with E-state index in [1.165, 1.54) is 16.9 Å². The van der Waals surface area contributed by atoms with Crippen LogP contribution in [0.15, 0.2) is 23.1 Å². The molecule has 1 aliphatic rings. The van der Waals surface area contributed by atoms with Crippen LogP contribution in [0.1, 0.15) is 23.0 Å². The SMILES string of the molecule is CC1=CCCN(c2csc(C(=O)O)c2)C1. The van der Waals surface area contributed by atoms with E-state index < -0.39 is 5.97 Å². The Morgan fingerprint density at radius 2 is 2.40 bits per heavy atom. The lowest BCUT2D eigenvalue weighted by Crippen LogP contribution is -2.28. The molecule has 0 amide bonds. The van der Waals surface area contributed by atoms with E-state index in [2.05, 4.69) is 17.9 Å². The van der Waals surface area contributed by atoms with E-state index in [1.807, 2.05) is 5.38 Å². The second-order valence-electron chi connectivity index (χ2n) is 3.74. The first-order valence-electron chi connectivity index (χ1n) is 4.89. The predicted molar refractivity (Wildman–Crippen MR) is 61.9 cm³/mol. The lowest BCUT2D eigenvalue weighted by atomic mass is 10.1. The van der Waals surface area contributed by atoms with Crippen LogP contribution in [0.5, 0.6) is 0 Å². The summed E-state index contributed by atoms with van der Waals surface area (Å²) in [7, 11) is 0. The minimum absolute atomic E-state index is 0.414. The molecule has 0 aliphatic carbocycles. The topological polar surface area (TPSA) is 40.5 Å². The molecule has 1 N–H and O–H groups in total. The van der Waals surface area contributed by atoms with Crippen LogP contribution in [0.25, 0.3) is 0 Å². The predicted octanol–water partition coefficient (Wildman–Crippen LogP) is 2.60. The van der Waals surface area contributed by atoms with E-state index in [-0.39, 0.29) is 0 Å². The van der Waals surface area contributed by atoms with Crippen molar-refractivity contribution in [2.24, 2.45) is 0 Å². The molecule has 0 radical (unpaired) electrons. The van der Waals surface area contributed by atoms with Gasteiger partial charge in [-0.25, -0.2) is 4.79 Å². The minimum Gasteiger partial charge on any atom is -0.477 e. The molecule has 0 fully saturated rings. The summed E-state index contributed by atoms with van der Waals surface area (Å²) in [5.41, 5.74) is 2.38. The van der Waals surface area contributed by atoms with Crippen molar-refractivity contribution in [3.8, 4) is 0 Å². The van der Waals surface area contributed by atoms with Crippen molar-refractivity contribution in [1.82, 2.24) is 0 Å². The number of carboxylic acids is 1. The molecule has 80 valence electrons. The van der Waals surface area contributed by atoms with Gasteiger partial charge in [0.1, 0.15) is 4.88 Å². The van der Waals surface area contributed by atoms with Crippen molar-refractivity contribution >= 4 is 23.0 Å². The summed E-state index contributed by atoms with van der Waals surface area (Å²) in [4.78, 5) is 13.4. The second-order valence-corrected chi connectivity index (χ2v) is 4.65. The Balaban J connectivity index is 2.16. The average molecular weight is 223 g/mol. The molecule has 2 heterocycles. The maximum Gasteiger partial charge on any atom is 0.345 e. The van der Waals surface area contributed by atoms with Crippen LogP contribution in [-0.2, 0) is 0 Å². The molecule has 4 heteroatoms. The van der Waals surface area contributed by atoms with E-state index in [0.29, 0.717) is 4.88 Å². The molecule has 3 nitrogen and oxygen atoms in total. The average Bonchev–Trinajstić information content (AvgIpc) is 2.66. The number of hydrogen-bond acceptors (Lipinski definition) is 3. The van der Waals surface area contributed by atoms with Gasteiger partial charge in [-0.2, -0.15) is 0 Å². The first-order valence-corrected chi connectivity index (χ1v) is 5.77. The monoisotopic (exact) mass is 223 g/mol. The van der Waals surface area contributed by atoms with Crippen molar-refractivity contribution < 1.29 is 9.90 Å². The third-order valence-electron chi connectivity index (χ3n) is 2.49. The van der Waals surface area contributed by atoms with Gasteiger partial charge in [-0.15, -0.1) is 11.3 Å². The molecule has 1 aliphatic heterocycles. The number of hydrogen-bond donors (Lipinski definition) is 1. The number of anilines is 1. The Morgan fingerprint density at radius 3 is 3.00 bits per heavy atom. The van der Waals surface area contributed by atoms with Gasteiger partial charge in [0.15, 0.2) is 0 Å². The van der Waals surface area contributed by atoms with E-state index in [9.17, 15) is 4.79 Å². The highest BCUT2D eigenvalue weighted by atomic mass is 32.1. The summed E-state index contributed by atoms with van der Waals surface area (Å²) >= 11 is 1.29. The lowest BCUT2D eigenvalue weighted by molar-refractivity contribution is 0.0702. The van der Waals surface area contributed by atoms with Crippen LogP contribution in [0, 0.1) is 0 Å². The van der Waals surface area contributed by atoms with Crippen LogP contribution >= 0.6 is 11.3 Å². The van der Waals surface area contributed by atoms with Gasteiger partial charge in [0.2, 0.25) is 0 Å². The van der Waals surface area contributed by atoms with Gasteiger partial charge in [-0.3, -0.25) is 0 Å². The molecule has 0 saturated heterocycles. The number of nitrogens with zero attached hydrogens (tertiary/aromatic N) is 1. The number of rotatable bonds is 2. The van der Waals surface area contributed by atoms with Crippen molar-refractivity contribution in [1.29, 1.82) is 0 Å². The van der Waals surface area contributed by atoms with Crippen molar-refractivity contribution in [2.75, 3.05) is 18.0 Å². The second kappa shape index (κ2) is 4.06. The molecular formula is C11H13NO2S. The Morgan fingerprint density at radius 1 is 1.60 bits per heavy atom. The third-order valence-corrected chi connectivity index (χ3v) is 3.40. The van der Waals surface area contributed by atoms with Crippen LogP contribution < -0.4 is 4.90 Å². The normalized spacial score (nSPS) is 16.3. The number of carboxylic acid groups (broad SMARTS) is 1. The molecule has 0 unspecified atom stereocenters. The van der Waals surface area contributed by atoms with Gasteiger partial charge in [0.25, 0.3) is 0 Å². The van der Waals surface area contributed by atoms with E-state index in [1.54, 1.807) is 6.07 Å². The fourth-order valence-electron chi connectivity index (χ4n) is 1.74. The molecule has 0 bridgehead atoms. The number of aromatic carboxylic acids is 1. The summed E-state index contributed by atoms with van der Waals surface area (Å²) in [5.74, 6) is -0.837. The fraction of sp³-hybridized carbons (Fsp3) is 0.364. The quantitative estimate of drug-likeness (QED) is 0.783. The van der Waals surface area contributed by atoms with Crippen LogP contribution in [0.3, 0.4) is 0 Å². The van der Waals surface area contributed by atoms with Crippen molar-refractivity contribution in [3.05, 3.63) is 28.0 Å². The maximum absolute atomic E-state index is 10.7. The van der Waals surface area contributed by atoms with Gasteiger partial charge in [0, 0.05) is 24.2 Å². The highest BCUT2D eigenvalue weighted by molar-refractivity contribution is 7.12. The van der Waals surface area contributed by atoms with Gasteiger partial charge in [0.05, 0.1) is 0 Å². The zero-order valence-corrected chi connectivity index (χ0v) is 9.38. The molecule has 1 aromatic heterocycles. The third kappa shape index (κ3) is 2.21. The van der Waals surface area contributed by atoms with Crippen LogP contribution in [-0.4, -0.2) is 24.2 Å². The molecule has 15 heavy (non-hydrogen) atoms. The summed E-state index contributed by atoms with van der Waals surface area (Å²) in [6, 6.07) is 1.76. The maximum atomic E-state index is 10.7. The minimum atomic E-state index is -0.837. The first kappa shape index (κ1) is 10.2.